The van der Waals surface area contributed by atoms with E-state index in [2.05, 4.69) is 15.9 Å². The standard InChI is InChI=1S/C16H15BrO2S/c17-11-10-15(19)16(12-6-8-13(18)9-7-12)20-14-4-2-1-3-5-14/h1-9,16,18H,10-11H2. The van der Waals surface area contributed by atoms with Crippen LogP contribution in [0.25, 0.3) is 0 Å². The van der Waals surface area contributed by atoms with Crippen LogP contribution in [0.1, 0.15) is 17.2 Å². The van der Waals surface area contributed by atoms with Gasteiger partial charge >= 0.3 is 0 Å². The first-order valence-corrected chi connectivity index (χ1v) is 8.30. The van der Waals surface area contributed by atoms with Gasteiger partial charge in [0.15, 0.2) is 5.78 Å². The van der Waals surface area contributed by atoms with Crippen molar-refractivity contribution in [3.05, 3.63) is 60.2 Å². The van der Waals surface area contributed by atoms with Crippen LogP contribution in [-0.4, -0.2) is 16.2 Å². The number of benzene rings is 2. The highest BCUT2D eigenvalue weighted by Gasteiger charge is 2.21. The lowest BCUT2D eigenvalue weighted by atomic mass is 10.1. The Morgan fingerprint density at radius 1 is 1.10 bits per heavy atom. The Hall–Kier alpha value is -1.26. The Morgan fingerprint density at radius 2 is 1.75 bits per heavy atom. The van der Waals surface area contributed by atoms with Gasteiger partial charge in [0, 0.05) is 16.6 Å². The van der Waals surface area contributed by atoms with Crippen molar-refractivity contribution in [3.63, 3.8) is 0 Å². The Labute approximate surface area is 131 Å². The minimum absolute atomic E-state index is 0.182. The molecule has 2 aromatic rings. The lowest BCUT2D eigenvalue weighted by molar-refractivity contribution is -0.118. The van der Waals surface area contributed by atoms with Crippen LogP contribution in [0.3, 0.4) is 0 Å². The van der Waals surface area contributed by atoms with E-state index in [0.717, 1.165) is 10.5 Å². The van der Waals surface area contributed by atoms with Crippen molar-refractivity contribution in [1.82, 2.24) is 0 Å². The quantitative estimate of drug-likeness (QED) is 0.611. The van der Waals surface area contributed by atoms with Crippen LogP contribution in [-0.2, 0) is 4.79 Å². The molecule has 20 heavy (non-hydrogen) atoms. The number of thioether (sulfide) groups is 1. The molecule has 1 N–H and O–H groups in total. The van der Waals surface area contributed by atoms with Gasteiger partial charge in [-0.3, -0.25) is 4.79 Å². The molecule has 0 heterocycles. The molecule has 0 radical (unpaired) electrons. The summed E-state index contributed by atoms with van der Waals surface area (Å²) in [6.45, 7) is 0. The second kappa shape index (κ2) is 7.50. The number of phenols is 1. The molecule has 1 atom stereocenters. The minimum atomic E-state index is -0.240. The maximum Gasteiger partial charge on any atom is 0.151 e. The Balaban J connectivity index is 2.25. The molecule has 2 aromatic carbocycles. The fourth-order valence-electron chi connectivity index (χ4n) is 1.83. The largest absolute Gasteiger partial charge is 0.508 e. The van der Waals surface area contributed by atoms with E-state index in [1.807, 2.05) is 42.5 Å². The highest BCUT2D eigenvalue weighted by molar-refractivity contribution is 9.09. The summed E-state index contributed by atoms with van der Waals surface area (Å²) >= 11 is 4.86. The first kappa shape index (κ1) is 15.1. The number of rotatable bonds is 6. The SMILES string of the molecule is O=C(CCBr)C(Sc1ccccc1)c1ccc(O)cc1. The highest BCUT2D eigenvalue weighted by Crippen LogP contribution is 2.37. The van der Waals surface area contributed by atoms with Crippen molar-refractivity contribution in [1.29, 1.82) is 0 Å². The number of phenolic OH excluding ortho intramolecular Hbond substituents is 1. The van der Waals surface area contributed by atoms with Gasteiger partial charge in [0.1, 0.15) is 5.75 Å². The summed E-state index contributed by atoms with van der Waals surface area (Å²) in [5.41, 5.74) is 0.919. The molecule has 0 bridgehead atoms. The summed E-state index contributed by atoms with van der Waals surface area (Å²) in [6, 6.07) is 16.7. The highest BCUT2D eigenvalue weighted by atomic mass is 79.9. The zero-order chi connectivity index (χ0) is 14.4. The van der Waals surface area contributed by atoms with Crippen molar-refractivity contribution < 1.29 is 9.90 Å². The third-order valence-electron chi connectivity index (χ3n) is 2.83. The van der Waals surface area contributed by atoms with Crippen LogP contribution in [0.2, 0.25) is 0 Å². The molecule has 4 heteroatoms. The summed E-state index contributed by atoms with van der Waals surface area (Å²) in [5, 5.41) is 9.79. The molecular weight excluding hydrogens is 336 g/mol. The van der Waals surface area contributed by atoms with Gasteiger partial charge < -0.3 is 5.11 Å². The Kier molecular flexibility index (Phi) is 5.68. The van der Waals surface area contributed by atoms with E-state index in [4.69, 9.17) is 0 Å². The zero-order valence-electron chi connectivity index (χ0n) is 10.8. The van der Waals surface area contributed by atoms with Crippen molar-refractivity contribution >= 4 is 33.5 Å². The number of hydrogen-bond acceptors (Lipinski definition) is 3. The number of Topliss-reactive ketones (excluding diaryl/α,β-unsaturated/α-hetero) is 1. The van der Waals surface area contributed by atoms with Crippen LogP contribution < -0.4 is 0 Å². The lowest BCUT2D eigenvalue weighted by Crippen LogP contribution is -2.09. The second-order valence-electron chi connectivity index (χ2n) is 4.31. The zero-order valence-corrected chi connectivity index (χ0v) is 13.2. The van der Waals surface area contributed by atoms with Crippen LogP contribution in [0.5, 0.6) is 5.75 Å². The van der Waals surface area contributed by atoms with Crippen LogP contribution in [0.15, 0.2) is 59.5 Å². The molecule has 2 nitrogen and oxygen atoms in total. The van der Waals surface area contributed by atoms with Gasteiger partial charge in [-0.1, -0.05) is 46.3 Å². The van der Waals surface area contributed by atoms with Gasteiger partial charge in [-0.05, 0) is 29.8 Å². The number of alkyl halides is 1. The fourth-order valence-corrected chi connectivity index (χ4v) is 3.35. The van der Waals surface area contributed by atoms with Gasteiger partial charge in [0.05, 0.1) is 5.25 Å². The molecule has 0 saturated heterocycles. The second-order valence-corrected chi connectivity index (χ2v) is 6.28. The first-order valence-electron chi connectivity index (χ1n) is 6.30. The van der Waals surface area contributed by atoms with E-state index in [9.17, 15) is 9.90 Å². The lowest BCUT2D eigenvalue weighted by Gasteiger charge is -2.15. The maximum atomic E-state index is 12.3. The molecule has 1 unspecified atom stereocenters. The monoisotopic (exact) mass is 350 g/mol. The number of halogens is 1. The summed E-state index contributed by atoms with van der Waals surface area (Å²) < 4.78 is 0. The van der Waals surface area contributed by atoms with E-state index >= 15 is 0 Å². The average Bonchev–Trinajstić information content (AvgIpc) is 2.47. The number of ketones is 1. The minimum Gasteiger partial charge on any atom is -0.508 e. The third-order valence-corrected chi connectivity index (χ3v) is 4.54. The van der Waals surface area contributed by atoms with E-state index < -0.39 is 0 Å². The molecule has 0 spiro atoms. The summed E-state index contributed by atoms with van der Waals surface area (Å²) in [4.78, 5) is 13.4. The van der Waals surface area contributed by atoms with Crippen LogP contribution >= 0.6 is 27.7 Å². The smallest absolute Gasteiger partial charge is 0.151 e. The summed E-state index contributed by atoms with van der Waals surface area (Å²) in [7, 11) is 0. The van der Waals surface area contributed by atoms with Gasteiger partial charge in [0.2, 0.25) is 0 Å². The molecule has 0 aliphatic heterocycles. The number of carbonyl (C=O) groups is 1. The van der Waals surface area contributed by atoms with Crippen molar-refractivity contribution in [2.75, 3.05) is 5.33 Å². The predicted octanol–water partition coefficient (Wildman–Crippen LogP) is 4.58. The molecule has 2 rings (SSSR count). The number of aromatic hydroxyl groups is 1. The van der Waals surface area contributed by atoms with E-state index in [1.165, 1.54) is 0 Å². The van der Waals surface area contributed by atoms with Crippen LogP contribution in [0.4, 0.5) is 0 Å². The van der Waals surface area contributed by atoms with E-state index in [-0.39, 0.29) is 16.8 Å². The molecule has 0 aliphatic carbocycles. The summed E-state index contributed by atoms with van der Waals surface area (Å²) in [5.74, 6) is 0.395. The fraction of sp³-hybridized carbons (Fsp3) is 0.188. The molecule has 104 valence electrons. The van der Waals surface area contributed by atoms with E-state index in [0.29, 0.717) is 11.8 Å². The van der Waals surface area contributed by atoms with Crippen LogP contribution in [0, 0.1) is 0 Å². The van der Waals surface area contributed by atoms with Gasteiger partial charge in [-0.15, -0.1) is 11.8 Å². The summed E-state index contributed by atoms with van der Waals surface area (Å²) in [6.07, 6.45) is 0.491. The van der Waals surface area contributed by atoms with Gasteiger partial charge in [-0.2, -0.15) is 0 Å². The molecule has 0 saturated carbocycles. The molecule has 0 amide bonds. The first-order chi connectivity index (χ1) is 9.70. The molecule has 0 aromatic heterocycles. The van der Waals surface area contributed by atoms with Gasteiger partial charge in [0.25, 0.3) is 0 Å². The topological polar surface area (TPSA) is 37.3 Å². The Morgan fingerprint density at radius 3 is 2.35 bits per heavy atom. The average molecular weight is 351 g/mol. The van der Waals surface area contributed by atoms with Crippen molar-refractivity contribution in [2.45, 2.75) is 16.6 Å². The molecular formula is C16H15BrO2S. The van der Waals surface area contributed by atoms with Gasteiger partial charge in [-0.25, -0.2) is 0 Å². The number of hydrogen-bond donors (Lipinski definition) is 1. The molecule has 0 aliphatic rings. The predicted molar refractivity (Wildman–Crippen MR) is 86.6 cm³/mol. The number of carbonyl (C=O) groups excluding carboxylic acids is 1. The molecule has 0 fully saturated rings. The van der Waals surface area contributed by atoms with Crippen molar-refractivity contribution in [3.8, 4) is 5.75 Å². The van der Waals surface area contributed by atoms with Crippen molar-refractivity contribution in [2.24, 2.45) is 0 Å². The van der Waals surface area contributed by atoms with E-state index in [1.54, 1.807) is 23.9 Å². The Bertz CT molecular complexity index is 554. The normalized spacial score (nSPS) is 12.1. The maximum absolute atomic E-state index is 12.3. The third kappa shape index (κ3) is 4.12.